The molecule has 0 radical (unpaired) electrons. The Morgan fingerprint density at radius 3 is 2.50 bits per heavy atom. The maximum Gasteiger partial charge on any atom is 0.407 e. The van der Waals surface area contributed by atoms with E-state index in [1.54, 1.807) is 6.92 Å². The average molecular weight is 249 g/mol. The fourth-order valence-electron chi connectivity index (χ4n) is 0.643. The third kappa shape index (κ3) is 8.13. The third-order valence-electron chi connectivity index (χ3n) is 1.36. The Hall–Kier alpha value is -1.21. The van der Waals surface area contributed by atoms with Gasteiger partial charge in [-0.05, 0) is 19.8 Å². The first-order valence-electron chi connectivity index (χ1n) is 4.57. The summed E-state index contributed by atoms with van der Waals surface area (Å²) in [4.78, 5) is 21.8. The Labute approximate surface area is 99.5 Å². The average Bonchev–Trinajstić information content (AvgIpc) is 2.24. The van der Waals surface area contributed by atoms with Crippen LogP contribution in [0.4, 0.5) is 4.79 Å². The van der Waals surface area contributed by atoms with E-state index >= 15 is 0 Å². The van der Waals surface area contributed by atoms with Crippen molar-refractivity contribution < 1.29 is 23.2 Å². The highest BCUT2D eigenvalue weighted by atomic mass is 32.1. The molecule has 0 aromatic rings. The SMILES string of the molecule is C=C(C)C(=O)OCCNC(=O)OCCOS. The van der Waals surface area contributed by atoms with E-state index in [1.165, 1.54) is 0 Å². The van der Waals surface area contributed by atoms with Crippen molar-refractivity contribution in [3.05, 3.63) is 12.2 Å². The minimum absolute atomic E-state index is 0.0733. The summed E-state index contributed by atoms with van der Waals surface area (Å²) >= 11 is 3.47. The lowest BCUT2D eigenvalue weighted by Gasteiger charge is -2.07. The lowest BCUT2D eigenvalue weighted by molar-refractivity contribution is -0.138. The van der Waals surface area contributed by atoms with E-state index in [0.29, 0.717) is 5.57 Å². The van der Waals surface area contributed by atoms with Gasteiger partial charge in [0.1, 0.15) is 13.2 Å². The van der Waals surface area contributed by atoms with E-state index in [0.717, 1.165) is 0 Å². The third-order valence-corrected chi connectivity index (χ3v) is 1.54. The minimum atomic E-state index is -0.600. The Morgan fingerprint density at radius 2 is 1.94 bits per heavy atom. The first kappa shape index (κ1) is 14.8. The van der Waals surface area contributed by atoms with Gasteiger partial charge in [-0.1, -0.05) is 6.58 Å². The number of alkyl carbamates (subject to hydrolysis) is 1. The summed E-state index contributed by atoms with van der Waals surface area (Å²) in [5.74, 6) is -0.487. The Morgan fingerprint density at radius 1 is 1.25 bits per heavy atom. The predicted octanol–water partition coefficient (Wildman–Crippen LogP) is 0.693. The first-order chi connectivity index (χ1) is 7.57. The molecule has 1 N–H and O–H groups in total. The van der Waals surface area contributed by atoms with E-state index in [9.17, 15) is 9.59 Å². The molecule has 92 valence electrons. The normalized spacial score (nSPS) is 9.38. The fraction of sp³-hybridized carbons (Fsp3) is 0.556. The minimum Gasteiger partial charge on any atom is -0.460 e. The van der Waals surface area contributed by atoms with Crippen LogP contribution in [0.1, 0.15) is 6.92 Å². The summed E-state index contributed by atoms with van der Waals surface area (Å²) in [6, 6.07) is 0. The molecule has 16 heavy (non-hydrogen) atoms. The second-order valence-electron chi connectivity index (χ2n) is 2.81. The van der Waals surface area contributed by atoms with Crippen LogP contribution in [0.25, 0.3) is 0 Å². The Kier molecular flexibility index (Phi) is 8.36. The van der Waals surface area contributed by atoms with Gasteiger partial charge in [-0.25, -0.2) is 9.59 Å². The van der Waals surface area contributed by atoms with Crippen LogP contribution < -0.4 is 5.32 Å². The lowest BCUT2D eigenvalue weighted by atomic mass is 10.4. The molecule has 0 aliphatic rings. The second-order valence-corrected chi connectivity index (χ2v) is 3.07. The fourth-order valence-corrected chi connectivity index (χ4v) is 0.717. The zero-order valence-corrected chi connectivity index (χ0v) is 9.92. The predicted molar refractivity (Wildman–Crippen MR) is 60.1 cm³/mol. The van der Waals surface area contributed by atoms with Crippen molar-refractivity contribution in [3.63, 3.8) is 0 Å². The molecule has 0 saturated heterocycles. The molecule has 0 atom stereocenters. The molecule has 0 heterocycles. The highest BCUT2D eigenvalue weighted by Crippen LogP contribution is 1.90. The second kappa shape index (κ2) is 9.05. The molecule has 0 unspecified atom stereocenters. The van der Waals surface area contributed by atoms with E-state index < -0.39 is 12.1 Å². The molecule has 7 heteroatoms. The van der Waals surface area contributed by atoms with Crippen LogP contribution in [-0.2, 0) is 18.5 Å². The molecule has 0 spiro atoms. The van der Waals surface area contributed by atoms with Crippen LogP contribution in [0, 0.1) is 0 Å². The van der Waals surface area contributed by atoms with E-state index in [1.807, 2.05) is 0 Å². The first-order valence-corrected chi connectivity index (χ1v) is 4.94. The van der Waals surface area contributed by atoms with Gasteiger partial charge in [0.2, 0.25) is 0 Å². The summed E-state index contributed by atoms with van der Waals surface area (Å²) in [5.41, 5.74) is 0.313. The molecule has 0 saturated carbocycles. The molecule has 0 aromatic carbocycles. The van der Waals surface area contributed by atoms with Crippen LogP contribution in [-0.4, -0.2) is 38.4 Å². The van der Waals surface area contributed by atoms with Crippen molar-refractivity contribution in [2.45, 2.75) is 6.92 Å². The van der Waals surface area contributed by atoms with Crippen molar-refractivity contribution >= 4 is 25.0 Å². The molecule has 1 amide bonds. The van der Waals surface area contributed by atoms with Crippen LogP contribution in [0.15, 0.2) is 12.2 Å². The molecule has 0 aliphatic carbocycles. The maximum absolute atomic E-state index is 10.9. The number of thiol groups is 1. The van der Waals surface area contributed by atoms with Crippen LogP contribution in [0.5, 0.6) is 0 Å². The van der Waals surface area contributed by atoms with Crippen molar-refractivity contribution in [1.82, 2.24) is 5.32 Å². The van der Waals surface area contributed by atoms with E-state index in [-0.39, 0.29) is 26.4 Å². The van der Waals surface area contributed by atoms with Crippen molar-refractivity contribution in [2.75, 3.05) is 26.4 Å². The number of rotatable bonds is 7. The van der Waals surface area contributed by atoms with Gasteiger partial charge >= 0.3 is 12.1 Å². The Bertz CT molecular complexity index is 256. The molecule has 0 aliphatic heterocycles. The van der Waals surface area contributed by atoms with Crippen molar-refractivity contribution in [2.24, 2.45) is 0 Å². The summed E-state index contributed by atoms with van der Waals surface area (Å²) in [5, 5.41) is 2.39. The lowest BCUT2D eigenvalue weighted by Crippen LogP contribution is -2.29. The molecule has 0 aromatic heterocycles. The quantitative estimate of drug-likeness (QED) is 0.228. The number of carbonyl (C=O) groups excluding carboxylic acids is 2. The van der Waals surface area contributed by atoms with Gasteiger partial charge in [-0.15, -0.1) is 0 Å². The van der Waals surface area contributed by atoms with Gasteiger partial charge in [0.05, 0.1) is 13.2 Å². The van der Waals surface area contributed by atoms with Gasteiger partial charge in [-0.2, -0.15) is 0 Å². The molecule has 0 fully saturated rings. The monoisotopic (exact) mass is 249 g/mol. The number of ether oxygens (including phenoxy) is 2. The Balaban J connectivity index is 3.41. The van der Waals surface area contributed by atoms with Crippen molar-refractivity contribution in [1.29, 1.82) is 0 Å². The van der Waals surface area contributed by atoms with Crippen LogP contribution in [0.2, 0.25) is 0 Å². The van der Waals surface area contributed by atoms with Crippen molar-refractivity contribution in [3.8, 4) is 0 Å². The molecule has 0 rings (SSSR count). The summed E-state index contributed by atoms with van der Waals surface area (Å²) in [7, 11) is 0. The van der Waals surface area contributed by atoms with Gasteiger partial charge in [0, 0.05) is 5.57 Å². The molecule has 6 nitrogen and oxygen atoms in total. The molecule has 0 bridgehead atoms. The van der Waals surface area contributed by atoms with E-state index in [2.05, 4.69) is 33.7 Å². The van der Waals surface area contributed by atoms with Gasteiger partial charge in [0.25, 0.3) is 0 Å². The maximum atomic E-state index is 10.9. The number of nitrogens with one attached hydrogen (secondary N) is 1. The zero-order chi connectivity index (χ0) is 12.4. The number of carbonyl (C=O) groups is 2. The van der Waals surface area contributed by atoms with E-state index in [4.69, 9.17) is 4.74 Å². The molecular weight excluding hydrogens is 234 g/mol. The number of amides is 1. The molecular formula is C9H15NO5S. The number of esters is 1. The zero-order valence-electron chi connectivity index (χ0n) is 9.02. The highest BCUT2D eigenvalue weighted by Gasteiger charge is 2.04. The number of hydrogen-bond donors (Lipinski definition) is 2. The summed E-state index contributed by atoms with van der Waals surface area (Å²) in [6.45, 7) is 5.53. The topological polar surface area (TPSA) is 73.9 Å². The van der Waals surface area contributed by atoms with Gasteiger partial charge < -0.3 is 19.0 Å². The summed E-state index contributed by atoms with van der Waals surface area (Å²) in [6.07, 6.45) is -0.600. The van der Waals surface area contributed by atoms with Crippen LogP contribution in [0.3, 0.4) is 0 Å². The standard InChI is InChI=1S/C9H15NO5S/c1-7(2)8(11)13-4-3-10-9(12)14-5-6-15-16/h16H,1,3-6H2,2H3,(H,10,12). The van der Waals surface area contributed by atoms with Gasteiger partial charge in [0.15, 0.2) is 0 Å². The summed E-state index contributed by atoms with van der Waals surface area (Å²) < 4.78 is 13.8. The smallest absolute Gasteiger partial charge is 0.407 e. The largest absolute Gasteiger partial charge is 0.460 e. The van der Waals surface area contributed by atoms with Gasteiger partial charge in [-0.3, -0.25) is 0 Å². The number of hydrogen-bond acceptors (Lipinski definition) is 6. The highest BCUT2D eigenvalue weighted by molar-refractivity contribution is 7.75. The van der Waals surface area contributed by atoms with Crippen LogP contribution >= 0.6 is 12.9 Å².